The summed E-state index contributed by atoms with van der Waals surface area (Å²) in [5, 5.41) is 0. The first kappa shape index (κ1) is 16.7. The van der Waals surface area contributed by atoms with Gasteiger partial charge in [-0.05, 0) is 75.3 Å². The fourth-order valence-corrected chi connectivity index (χ4v) is 2.65. The summed E-state index contributed by atoms with van der Waals surface area (Å²) in [5.41, 5.74) is 12.7. The number of rotatable bonds is 6. The van der Waals surface area contributed by atoms with Crippen molar-refractivity contribution in [2.45, 2.75) is 59.9 Å². The lowest BCUT2D eigenvalue weighted by Gasteiger charge is -2.21. The van der Waals surface area contributed by atoms with E-state index in [1.807, 2.05) is 6.92 Å². The molecule has 0 aliphatic carbocycles. The van der Waals surface area contributed by atoms with Crippen molar-refractivity contribution in [3.63, 3.8) is 0 Å². The number of aryl methyl sites for hydroxylation is 2. The van der Waals surface area contributed by atoms with Crippen molar-refractivity contribution in [2.24, 2.45) is 5.73 Å². The molecule has 0 aromatic heterocycles. The largest absolute Gasteiger partial charge is 0.466 e. The van der Waals surface area contributed by atoms with Crippen LogP contribution in [0.4, 0.5) is 0 Å². The predicted octanol–water partition coefficient (Wildman–Crippen LogP) is 3.65. The molecule has 0 aliphatic heterocycles. The van der Waals surface area contributed by atoms with Gasteiger partial charge in [0.05, 0.1) is 6.61 Å². The number of hydrogen-bond acceptors (Lipinski definition) is 3. The molecule has 2 N–H and O–H groups in total. The summed E-state index contributed by atoms with van der Waals surface area (Å²) >= 11 is 0. The lowest BCUT2D eigenvalue weighted by molar-refractivity contribution is -0.143. The zero-order valence-corrected chi connectivity index (χ0v) is 13.4. The quantitative estimate of drug-likeness (QED) is 0.807. The summed E-state index contributed by atoms with van der Waals surface area (Å²) in [6, 6.07) is 2.20. The van der Waals surface area contributed by atoms with E-state index < -0.39 is 0 Å². The Bertz CT molecular complexity index is 454. The molecule has 112 valence electrons. The molecule has 0 bridgehead atoms. The van der Waals surface area contributed by atoms with Crippen LogP contribution >= 0.6 is 0 Å². The molecule has 0 amide bonds. The molecule has 20 heavy (non-hydrogen) atoms. The Morgan fingerprint density at radius 1 is 1.20 bits per heavy atom. The molecule has 0 saturated heterocycles. The number of benzene rings is 1. The number of hydrogen-bond donors (Lipinski definition) is 1. The van der Waals surface area contributed by atoms with Gasteiger partial charge in [0.15, 0.2) is 0 Å². The third-order valence-corrected chi connectivity index (χ3v) is 4.00. The highest BCUT2D eigenvalue weighted by atomic mass is 16.5. The summed E-state index contributed by atoms with van der Waals surface area (Å²) < 4.78 is 4.94. The highest BCUT2D eigenvalue weighted by Crippen LogP contribution is 2.28. The third-order valence-electron chi connectivity index (χ3n) is 4.00. The van der Waals surface area contributed by atoms with Crippen LogP contribution in [0.2, 0.25) is 0 Å². The molecule has 0 radical (unpaired) electrons. The molecule has 0 heterocycles. The zero-order chi connectivity index (χ0) is 15.3. The third kappa shape index (κ3) is 4.07. The van der Waals surface area contributed by atoms with E-state index in [1.165, 1.54) is 27.8 Å². The Labute approximate surface area is 122 Å². The standard InChI is InChI=1S/C17H27NO2/c1-6-20-16(19)9-7-8-15(18)17-13(4)11(2)10-12(3)14(17)5/h10,15H,6-9,18H2,1-5H3. The van der Waals surface area contributed by atoms with Gasteiger partial charge in [-0.2, -0.15) is 0 Å². The average molecular weight is 277 g/mol. The fraction of sp³-hybridized carbons (Fsp3) is 0.588. The van der Waals surface area contributed by atoms with Crippen molar-refractivity contribution in [3.8, 4) is 0 Å². The molecule has 1 aromatic rings. The minimum atomic E-state index is -0.131. The Balaban J connectivity index is 2.73. The first-order chi connectivity index (χ1) is 9.38. The van der Waals surface area contributed by atoms with Crippen molar-refractivity contribution >= 4 is 5.97 Å². The van der Waals surface area contributed by atoms with E-state index in [1.54, 1.807) is 0 Å². The van der Waals surface area contributed by atoms with Crippen LogP contribution in [-0.2, 0) is 9.53 Å². The molecular weight excluding hydrogens is 250 g/mol. The molecule has 0 saturated carbocycles. The first-order valence-corrected chi connectivity index (χ1v) is 7.37. The Morgan fingerprint density at radius 2 is 1.75 bits per heavy atom. The SMILES string of the molecule is CCOC(=O)CCCC(N)c1c(C)c(C)cc(C)c1C. The summed E-state index contributed by atoms with van der Waals surface area (Å²) in [6.07, 6.45) is 2.03. The van der Waals surface area contributed by atoms with Crippen LogP contribution in [0.15, 0.2) is 6.07 Å². The lowest BCUT2D eigenvalue weighted by atomic mass is 9.88. The highest BCUT2D eigenvalue weighted by molar-refractivity contribution is 5.69. The van der Waals surface area contributed by atoms with Crippen molar-refractivity contribution < 1.29 is 9.53 Å². The molecule has 1 aromatic carbocycles. The van der Waals surface area contributed by atoms with Crippen LogP contribution in [0.25, 0.3) is 0 Å². The summed E-state index contributed by atoms with van der Waals surface area (Å²) in [5.74, 6) is -0.131. The van der Waals surface area contributed by atoms with E-state index >= 15 is 0 Å². The number of esters is 1. The molecule has 0 spiro atoms. The first-order valence-electron chi connectivity index (χ1n) is 7.37. The number of ether oxygens (including phenoxy) is 1. The molecule has 0 aliphatic rings. The van der Waals surface area contributed by atoms with E-state index in [0.29, 0.717) is 13.0 Å². The summed E-state index contributed by atoms with van der Waals surface area (Å²) in [6.45, 7) is 10.8. The van der Waals surface area contributed by atoms with Crippen LogP contribution in [-0.4, -0.2) is 12.6 Å². The average Bonchev–Trinajstić information content (AvgIpc) is 2.37. The van der Waals surface area contributed by atoms with Crippen molar-refractivity contribution in [1.82, 2.24) is 0 Å². The molecule has 3 heteroatoms. The minimum absolute atomic E-state index is 0.0111. The Hall–Kier alpha value is -1.35. The predicted molar refractivity (Wildman–Crippen MR) is 82.8 cm³/mol. The molecule has 1 atom stereocenters. The zero-order valence-electron chi connectivity index (χ0n) is 13.4. The molecule has 0 fully saturated rings. The second kappa shape index (κ2) is 7.44. The van der Waals surface area contributed by atoms with Crippen LogP contribution in [0.5, 0.6) is 0 Å². The Kier molecular flexibility index (Phi) is 6.21. The van der Waals surface area contributed by atoms with E-state index in [4.69, 9.17) is 10.5 Å². The van der Waals surface area contributed by atoms with Crippen LogP contribution in [0, 0.1) is 27.7 Å². The van der Waals surface area contributed by atoms with Gasteiger partial charge in [-0.15, -0.1) is 0 Å². The highest BCUT2D eigenvalue weighted by Gasteiger charge is 2.15. The second-order valence-corrected chi connectivity index (χ2v) is 5.48. The smallest absolute Gasteiger partial charge is 0.305 e. The van der Waals surface area contributed by atoms with Gasteiger partial charge < -0.3 is 10.5 Å². The van der Waals surface area contributed by atoms with Crippen molar-refractivity contribution in [2.75, 3.05) is 6.61 Å². The molecule has 3 nitrogen and oxygen atoms in total. The summed E-state index contributed by atoms with van der Waals surface area (Å²) in [7, 11) is 0. The topological polar surface area (TPSA) is 52.3 Å². The second-order valence-electron chi connectivity index (χ2n) is 5.48. The van der Waals surface area contributed by atoms with E-state index in [9.17, 15) is 4.79 Å². The maximum absolute atomic E-state index is 11.3. The molecular formula is C17H27NO2. The lowest BCUT2D eigenvalue weighted by Crippen LogP contribution is -2.15. The van der Waals surface area contributed by atoms with Crippen LogP contribution < -0.4 is 5.73 Å². The van der Waals surface area contributed by atoms with Gasteiger partial charge in [0.1, 0.15) is 0 Å². The monoisotopic (exact) mass is 277 g/mol. The van der Waals surface area contributed by atoms with Gasteiger partial charge >= 0.3 is 5.97 Å². The van der Waals surface area contributed by atoms with Gasteiger partial charge in [-0.25, -0.2) is 0 Å². The van der Waals surface area contributed by atoms with Gasteiger partial charge in [0.25, 0.3) is 0 Å². The minimum Gasteiger partial charge on any atom is -0.466 e. The van der Waals surface area contributed by atoms with Crippen molar-refractivity contribution in [1.29, 1.82) is 0 Å². The van der Waals surface area contributed by atoms with Gasteiger partial charge in [0.2, 0.25) is 0 Å². The number of carbonyl (C=O) groups excluding carboxylic acids is 1. The van der Waals surface area contributed by atoms with Crippen LogP contribution in [0.1, 0.15) is 60.0 Å². The van der Waals surface area contributed by atoms with E-state index in [0.717, 1.165) is 12.8 Å². The normalized spacial score (nSPS) is 12.3. The summed E-state index contributed by atoms with van der Waals surface area (Å²) in [4.78, 5) is 11.3. The van der Waals surface area contributed by atoms with E-state index in [-0.39, 0.29) is 12.0 Å². The maximum atomic E-state index is 11.3. The Morgan fingerprint density at radius 3 is 2.25 bits per heavy atom. The van der Waals surface area contributed by atoms with E-state index in [2.05, 4.69) is 33.8 Å². The number of carbonyl (C=O) groups is 1. The van der Waals surface area contributed by atoms with Gasteiger partial charge in [-0.1, -0.05) is 6.07 Å². The van der Waals surface area contributed by atoms with Gasteiger partial charge in [-0.3, -0.25) is 4.79 Å². The van der Waals surface area contributed by atoms with Gasteiger partial charge in [0, 0.05) is 12.5 Å². The fourth-order valence-electron chi connectivity index (χ4n) is 2.65. The maximum Gasteiger partial charge on any atom is 0.305 e. The van der Waals surface area contributed by atoms with Crippen LogP contribution in [0.3, 0.4) is 0 Å². The number of nitrogens with two attached hydrogens (primary N) is 1. The van der Waals surface area contributed by atoms with Crippen molar-refractivity contribution in [3.05, 3.63) is 33.9 Å². The molecule has 1 rings (SSSR count). The molecule has 1 unspecified atom stereocenters.